The highest BCUT2D eigenvalue weighted by Gasteiger charge is 2.34. The SMILES string of the molecule is C[Si](C)(C)O[Si](C)(O)c1ccccc1. The van der Waals surface area contributed by atoms with Crippen molar-refractivity contribution < 1.29 is 8.91 Å². The van der Waals surface area contributed by atoms with Crippen molar-refractivity contribution in [2.75, 3.05) is 0 Å². The number of benzene rings is 1. The van der Waals surface area contributed by atoms with E-state index in [0.29, 0.717) is 0 Å². The van der Waals surface area contributed by atoms with Crippen molar-refractivity contribution in [1.82, 2.24) is 0 Å². The molecule has 0 aliphatic rings. The minimum atomic E-state index is -2.65. The quantitative estimate of drug-likeness (QED) is 0.797. The molecule has 0 aromatic heterocycles. The molecule has 2 nitrogen and oxygen atoms in total. The molecule has 1 unspecified atom stereocenters. The molecule has 1 N–H and O–H groups in total. The summed E-state index contributed by atoms with van der Waals surface area (Å²) >= 11 is 0. The van der Waals surface area contributed by atoms with Gasteiger partial charge in [-0.3, -0.25) is 0 Å². The van der Waals surface area contributed by atoms with E-state index in [1.165, 1.54) is 0 Å². The van der Waals surface area contributed by atoms with E-state index < -0.39 is 16.9 Å². The van der Waals surface area contributed by atoms with Gasteiger partial charge in [-0.15, -0.1) is 0 Å². The molecule has 0 aliphatic heterocycles. The first kappa shape index (κ1) is 11.6. The van der Waals surface area contributed by atoms with Crippen molar-refractivity contribution in [1.29, 1.82) is 0 Å². The first-order valence-corrected chi connectivity index (χ1v) is 10.6. The molecule has 0 radical (unpaired) electrons. The average molecular weight is 226 g/mol. The van der Waals surface area contributed by atoms with E-state index in [0.717, 1.165) is 5.19 Å². The van der Waals surface area contributed by atoms with Crippen LogP contribution in [-0.2, 0) is 4.12 Å². The molecule has 0 amide bonds. The van der Waals surface area contributed by atoms with Crippen LogP contribution in [0.4, 0.5) is 0 Å². The largest absolute Gasteiger partial charge is 0.433 e. The Hall–Kier alpha value is -0.426. The number of hydrogen-bond acceptors (Lipinski definition) is 2. The van der Waals surface area contributed by atoms with E-state index >= 15 is 0 Å². The molecule has 1 aromatic carbocycles. The standard InChI is InChI=1S/C10H18O2Si2/c1-13(2,3)12-14(4,11)10-8-6-5-7-9-10/h5-9,11H,1-4H3. The van der Waals surface area contributed by atoms with E-state index in [1.807, 2.05) is 36.9 Å². The molecule has 0 bridgehead atoms. The van der Waals surface area contributed by atoms with Crippen molar-refractivity contribution in [3.05, 3.63) is 30.3 Å². The van der Waals surface area contributed by atoms with E-state index in [-0.39, 0.29) is 0 Å². The Bertz CT molecular complexity index is 291. The van der Waals surface area contributed by atoms with E-state index in [4.69, 9.17) is 4.12 Å². The second kappa shape index (κ2) is 3.98. The van der Waals surface area contributed by atoms with Crippen molar-refractivity contribution >= 4 is 22.1 Å². The van der Waals surface area contributed by atoms with Gasteiger partial charge in [0.15, 0.2) is 8.32 Å². The Kier molecular flexibility index (Phi) is 3.31. The fourth-order valence-electron chi connectivity index (χ4n) is 1.40. The molecule has 0 saturated heterocycles. The van der Waals surface area contributed by atoms with Gasteiger partial charge in [-0.1, -0.05) is 30.3 Å². The molecule has 14 heavy (non-hydrogen) atoms. The molecule has 1 rings (SSSR count). The molecule has 1 aromatic rings. The summed E-state index contributed by atoms with van der Waals surface area (Å²) in [6.07, 6.45) is 0. The lowest BCUT2D eigenvalue weighted by molar-refractivity contribution is 0.398. The minimum absolute atomic E-state index is 0.947. The fourth-order valence-corrected chi connectivity index (χ4v) is 7.45. The Labute approximate surface area is 87.9 Å². The van der Waals surface area contributed by atoms with Crippen molar-refractivity contribution in [3.63, 3.8) is 0 Å². The highest BCUT2D eigenvalue weighted by Crippen LogP contribution is 2.11. The molecule has 0 saturated carbocycles. The van der Waals surface area contributed by atoms with Gasteiger partial charge in [0.2, 0.25) is 0 Å². The molecule has 1 atom stereocenters. The molecule has 0 aliphatic carbocycles. The third kappa shape index (κ3) is 3.38. The van der Waals surface area contributed by atoms with Crippen molar-refractivity contribution in [2.24, 2.45) is 0 Å². The maximum Gasteiger partial charge on any atom is 0.356 e. The zero-order valence-electron chi connectivity index (χ0n) is 9.24. The van der Waals surface area contributed by atoms with Crippen LogP contribution in [0.15, 0.2) is 30.3 Å². The monoisotopic (exact) mass is 226 g/mol. The summed E-state index contributed by atoms with van der Waals surface area (Å²) in [6.45, 7) is 8.12. The first-order valence-electron chi connectivity index (χ1n) is 4.79. The number of hydrogen-bond donors (Lipinski definition) is 1. The molecular formula is C10H18O2Si2. The van der Waals surface area contributed by atoms with Gasteiger partial charge in [0.1, 0.15) is 0 Å². The Morgan fingerprint density at radius 2 is 1.50 bits per heavy atom. The topological polar surface area (TPSA) is 29.5 Å². The van der Waals surface area contributed by atoms with Gasteiger partial charge in [0, 0.05) is 0 Å². The molecule has 0 heterocycles. The smallest absolute Gasteiger partial charge is 0.356 e. The highest BCUT2D eigenvalue weighted by atomic mass is 28.4. The van der Waals surface area contributed by atoms with Crippen LogP contribution in [0.1, 0.15) is 0 Å². The normalized spacial score (nSPS) is 16.4. The van der Waals surface area contributed by atoms with E-state index in [9.17, 15) is 4.80 Å². The van der Waals surface area contributed by atoms with E-state index in [2.05, 4.69) is 19.6 Å². The minimum Gasteiger partial charge on any atom is -0.433 e. The van der Waals surface area contributed by atoms with Crippen LogP contribution in [0.3, 0.4) is 0 Å². The Morgan fingerprint density at radius 1 is 1.00 bits per heavy atom. The van der Waals surface area contributed by atoms with Crippen LogP contribution in [0.2, 0.25) is 26.2 Å². The average Bonchev–Trinajstić information content (AvgIpc) is 2.01. The van der Waals surface area contributed by atoms with Gasteiger partial charge < -0.3 is 8.91 Å². The summed E-state index contributed by atoms with van der Waals surface area (Å²) in [5.74, 6) is 0. The zero-order valence-corrected chi connectivity index (χ0v) is 11.2. The third-order valence-electron chi connectivity index (χ3n) is 1.81. The van der Waals surface area contributed by atoms with Crippen molar-refractivity contribution in [2.45, 2.75) is 26.2 Å². The van der Waals surface area contributed by atoms with Crippen LogP contribution >= 0.6 is 0 Å². The van der Waals surface area contributed by atoms with Crippen LogP contribution < -0.4 is 5.19 Å². The van der Waals surface area contributed by atoms with Crippen LogP contribution in [0, 0.1) is 0 Å². The number of rotatable bonds is 3. The molecular weight excluding hydrogens is 208 g/mol. The molecule has 0 spiro atoms. The Balaban J connectivity index is 2.86. The first-order chi connectivity index (χ1) is 6.31. The summed E-state index contributed by atoms with van der Waals surface area (Å²) in [5, 5.41) is 0.947. The van der Waals surface area contributed by atoms with Gasteiger partial charge in [-0.05, 0) is 31.4 Å². The lowest BCUT2D eigenvalue weighted by atomic mass is 10.4. The third-order valence-corrected chi connectivity index (χ3v) is 7.26. The lowest BCUT2D eigenvalue weighted by Crippen LogP contribution is -2.54. The second-order valence-electron chi connectivity index (χ2n) is 4.56. The van der Waals surface area contributed by atoms with Crippen LogP contribution in [0.5, 0.6) is 0 Å². The molecule has 0 fully saturated rings. The summed E-state index contributed by atoms with van der Waals surface area (Å²) in [5.41, 5.74) is 0. The summed E-state index contributed by atoms with van der Waals surface area (Å²) in [6, 6.07) is 9.69. The van der Waals surface area contributed by atoms with Gasteiger partial charge in [-0.2, -0.15) is 0 Å². The van der Waals surface area contributed by atoms with Crippen molar-refractivity contribution in [3.8, 4) is 0 Å². The summed E-state index contributed by atoms with van der Waals surface area (Å²) in [4.78, 5) is 10.3. The lowest BCUT2D eigenvalue weighted by Gasteiger charge is -2.29. The zero-order chi connectivity index (χ0) is 10.8. The highest BCUT2D eigenvalue weighted by molar-refractivity contribution is 6.88. The van der Waals surface area contributed by atoms with Crippen LogP contribution in [0.25, 0.3) is 0 Å². The fraction of sp³-hybridized carbons (Fsp3) is 0.400. The maximum atomic E-state index is 10.3. The summed E-state index contributed by atoms with van der Waals surface area (Å²) in [7, 11) is -4.32. The van der Waals surface area contributed by atoms with Gasteiger partial charge in [0.05, 0.1) is 0 Å². The van der Waals surface area contributed by atoms with Gasteiger partial charge in [-0.25, -0.2) is 0 Å². The van der Waals surface area contributed by atoms with E-state index in [1.54, 1.807) is 0 Å². The second-order valence-corrected chi connectivity index (χ2v) is 12.1. The predicted molar refractivity (Wildman–Crippen MR) is 64.3 cm³/mol. The summed E-state index contributed by atoms with van der Waals surface area (Å²) < 4.78 is 5.84. The maximum absolute atomic E-state index is 10.3. The van der Waals surface area contributed by atoms with Gasteiger partial charge in [0.25, 0.3) is 0 Å². The molecule has 78 valence electrons. The Morgan fingerprint density at radius 3 is 1.93 bits per heavy atom. The van der Waals surface area contributed by atoms with Crippen LogP contribution in [-0.4, -0.2) is 21.7 Å². The molecule has 4 heteroatoms. The predicted octanol–water partition coefficient (Wildman–Crippen LogP) is 1.81. The van der Waals surface area contributed by atoms with Gasteiger partial charge >= 0.3 is 8.56 Å².